The molecule has 2 heterocycles. The van der Waals surface area contributed by atoms with E-state index in [0.717, 1.165) is 18.7 Å². The molecule has 0 bridgehead atoms. The van der Waals surface area contributed by atoms with Crippen LogP contribution in [0.3, 0.4) is 0 Å². The Morgan fingerprint density at radius 1 is 1.28 bits per heavy atom. The quantitative estimate of drug-likeness (QED) is 0.868. The summed E-state index contributed by atoms with van der Waals surface area (Å²) in [6, 6.07) is 10.0. The van der Waals surface area contributed by atoms with Gasteiger partial charge in [0.15, 0.2) is 0 Å². The highest BCUT2D eigenvalue weighted by Crippen LogP contribution is 2.18. The summed E-state index contributed by atoms with van der Waals surface area (Å²) in [5.41, 5.74) is 3.43. The maximum Gasteiger partial charge on any atom is 0.241 e. The average Bonchev–Trinajstić information content (AvgIpc) is 2.91. The number of rotatable bonds is 2. The van der Waals surface area contributed by atoms with E-state index in [4.69, 9.17) is 0 Å². The lowest BCUT2D eigenvalue weighted by atomic mass is 9.95. The zero-order valence-corrected chi connectivity index (χ0v) is 10.7. The van der Waals surface area contributed by atoms with Crippen molar-refractivity contribution in [3.63, 3.8) is 0 Å². The van der Waals surface area contributed by atoms with Crippen molar-refractivity contribution in [3.8, 4) is 0 Å². The summed E-state index contributed by atoms with van der Waals surface area (Å²) in [7, 11) is 0. The van der Waals surface area contributed by atoms with Crippen molar-refractivity contribution in [2.24, 2.45) is 0 Å². The Balaban J connectivity index is 1.70. The van der Waals surface area contributed by atoms with Crippen LogP contribution < -0.4 is 10.6 Å². The number of nitrogens with one attached hydrogen (secondary N) is 2. The van der Waals surface area contributed by atoms with Gasteiger partial charge in [-0.1, -0.05) is 24.3 Å². The number of anilines is 1. The molecule has 4 heteroatoms. The van der Waals surface area contributed by atoms with E-state index in [9.17, 15) is 4.79 Å². The van der Waals surface area contributed by atoms with Crippen LogP contribution in [0.25, 0.3) is 0 Å². The van der Waals surface area contributed by atoms with Gasteiger partial charge in [0.1, 0.15) is 0 Å². The van der Waals surface area contributed by atoms with Crippen LogP contribution in [0, 0.1) is 0 Å². The van der Waals surface area contributed by atoms with Gasteiger partial charge < -0.3 is 10.6 Å². The van der Waals surface area contributed by atoms with E-state index in [0.29, 0.717) is 0 Å². The van der Waals surface area contributed by atoms with Crippen molar-refractivity contribution in [2.75, 3.05) is 5.32 Å². The molecule has 3 nitrogen and oxygen atoms in total. The first-order valence-electron chi connectivity index (χ1n) is 5.96. The van der Waals surface area contributed by atoms with Gasteiger partial charge in [-0.05, 0) is 29.0 Å². The molecular formula is C14H14N2OS. The van der Waals surface area contributed by atoms with Gasteiger partial charge >= 0.3 is 0 Å². The molecule has 1 amide bonds. The monoisotopic (exact) mass is 258 g/mol. The van der Waals surface area contributed by atoms with Crippen LogP contribution in [0.15, 0.2) is 41.1 Å². The molecule has 0 radical (unpaired) electrons. The molecule has 1 aliphatic rings. The highest BCUT2D eigenvalue weighted by molar-refractivity contribution is 7.08. The average molecular weight is 258 g/mol. The lowest BCUT2D eigenvalue weighted by Gasteiger charge is -2.25. The predicted octanol–water partition coefficient (Wildman–Crippen LogP) is 2.40. The Morgan fingerprint density at radius 2 is 2.11 bits per heavy atom. The highest BCUT2D eigenvalue weighted by atomic mass is 32.1. The molecule has 1 aromatic carbocycles. The zero-order valence-electron chi connectivity index (χ0n) is 9.85. The Kier molecular flexibility index (Phi) is 3.13. The molecule has 3 rings (SSSR count). The van der Waals surface area contributed by atoms with E-state index in [-0.39, 0.29) is 11.9 Å². The number of fused-ring (bicyclic) bond motifs is 1. The molecule has 0 saturated carbocycles. The molecule has 92 valence electrons. The van der Waals surface area contributed by atoms with Crippen molar-refractivity contribution in [1.82, 2.24) is 5.32 Å². The van der Waals surface area contributed by atoms with Gasteiger partial charge in [0.2, 0.25) is 5.91 Å². The first kappa shape index (κ1) is 11.4. The fourth-order valence-corrected chi connectivity index (χ4v) is 2.79. The Hall–Kier alpha value is -1.65. The molecule has 1 aliphatic heterocycles. The second-order valence-electron chi connectivity index (χ2n) is 4.41. The van der Waals surface area contributed by atoms with Crippen molar-refractivity contribution < 1.29 is 4.79 Å². The van der Waals surface area contributed by atoms with Crippen molar-refractivity contribution in [1.29, 1.82) is 0 Å². The summed E-state index contributed by atoms with van der Waals surface area (Å²) in [6.45, 7) is 0.762. The van der Waals surface area contributed by atoms with Gasteiger partial charge in [0, 0.05) is 11.9 Å². The third-order valence-electron chi connectivity index (χ3n) is 3.19. The Labute approximate surface area is 110 Å². The molecule has 0 unspecified atom stereocenters. The van der Waals surface area contributed by atoms with E-state index in [1.54, 1.807) is 11.3 Å². The van der Waals surface area contributed by atoms with E-state index < -0.39 is 0 Å². The molecule has 2 aromatic rings. The lowest BCUT2D eigenvalue weighted by Crippen LogP contribution is -2.44. The van der Waals surface area contributed by atoms with E-state index in [1.165, 1.54) is 11.1 Å². The third-order valence-corrected chi connectivity index (χ3v) is 3.87. The number of hydrogen-bond acceptors (Lipinski definition) is 3. The SMILES string of the molecule is O=C(Nc1ccsc1)[C@H]1Cc2ccccc2CN1. The summed E-state index contributed by atoms with van der Waals surface area (Å²) < 4.78 is 0. The molecule has 0 spiro atoms. The molecule has 1 aromatic heterocycles. The molecule has 0 fully saturated rings. The minimum Gasteiger partial charge on any atom is -0.324 e. The normalized spacial score (nSPS) is 18.1. The van der Waals surface area contributed by atoms with Gasteiger partial charge in [-0.15, -0.1) is 0 Å². The van der Waals surface area contributed by atoms with Crippen LogP contribution in [-0.4, -0.2) is 11.9 Å². The standard InChI is InChI=1S/C14H14N2OS/c17-14(16-12-5-6-18-9-12)13-7-10-3-1-2-4-11(10)8-15-13/h1-6,9,13,15H,7-8H2,(H,16,17)/t13-/m1/s1. The van der Waals surface area contributed by atoms with Gasteiger partial charge in [-0.2, -0.15) is 11.3 Å². The smallest absolute Gasteiger partial charge is 0.241 e. The van der Waals surface area contributed by atoms with Crippen molar-refractivity contribution in [2.45, 2.75) is 19.0 Å². The van der Waals surface area contributed by atoms with Crippen LogP contribution in [0.4, 0.5) is 5.69 Å². The molecule has 0 aliphatic carbocycles. The summed E-state index contributed by atoms with van der Waals surface area (Å²) in [5.74, 6) is 0.0444. The number of hydrogen-bond donors (Lipinski definition) is 2. The molecule has 18 heavy (non-hydrogen) atoms. The molecule has 2 N–H and O–H groups in total. The minimum absolute atomic E-state index is 0.0444. The maximum absolute atomic E-state index is 12.1. The van der Waals surface area contributed by atoms with Gasteiger partial charge in [0.25, 0.3) is 0 Å². The first-order valence-corrected chi connectivity index (χ1v) is 6.90. The maximum atomic E-state index is 12.1. The molecule has 0 saturated heterocycles. The van der Waals surface area contributed by atoms with E-state index in [1.807, 2.05) is 29.0 Å². The fourth-order valence-electron chi connectivity index (χ4n) is 2.20. The second-order valence-corrected chi connectivity index (χ2v) is 5.19. The fraction of sp³-hybridized carbons (Fsp3) is 0.214. The van der Waals surface area contributed by atoms with Gasteiger partial charge in [-0.25, -0.2) is 0 Å². The van der Waals surface area contributed by atoms with Crippen LogP contribution in [0.2, 0.25) is 0 Å². The number of amides is 1. The minimum atomic E-state index is -0.139. The van der Waals surface area contributed by atoms with Crippen molar-refractivity contribution >= 4 is 22.9 Å². The summed E-state index contributed by atoms with van der Waals surface area (Å²) in [6.07, 6.45) is 0.756. The van der Waals surface area contributed by atoms with E-state index in [2.05, 4.69) is 22.8 Å². The van der Waals surface area contributed by atoms with Crippen LogP contribution in [0.1, 0.15) is 11.1 Å². The predicted molar refractivity (Wildman–Crippen MR) is 73.7 cm³/mol. The highest BCUT2D eigenvalue weighted by Gasteiger charge is 2.23. The summed E-state index contributed by atoms with van der Waals surface area (Å²) in [5, 5.41) is 10.1. The summed E-state index contributed by atoms with van der Waals surface area (Å²) in [4.78, 5) is 12.1. The Morgan fingerprint density at radius 3 is 2.89 bits per heavy atom. The van der Waals surface area contributed by atoms with E-state index >= 15 is 0 Å². The van der Waals surface area contributed by atoms with Crippen LogP contribution >= 0.6 is 11.3 Å². The van der Waals surface area contributed by atoms with Gasteiger partial charge in [-0.3, -0.25) is 4.79 Å². The van der Waals surface area contributed by atoms with Crippen LogP contribution in [-0.2, 0) is 17.8 Å². The number of benzene rings is 1. The number of carbonyl (C=O) groups is 1. The number of thiophene rings is 1. The third kappa shape index (κ3) is 2.30. The first-order chi connectivity index (χ1) is 8.83. The zero-order chi connectivity index (χ0) is 12.4. The van der Waals surface area contributed by atoms with Crippen LogP contribution in [0.5, 0.6) is 0 Å². The summed E-state index contributed by atoms with van der Waals surface area (Å²) >= 11 is 1.58. The Bertz CT molecular complexity index is 551. The topological polar surface area (TPSA) is 41.1 Å². The number of carbonyl (C=O) groups excluding carboxylic acids is 1. The lowest BCUT2D eigenvalue weighted by molar-refractivity contribution is -0.118. The van der Waals surface area contributed by atoms with Crippen molar-refractivity contribution in [3.05, 3.63) is 52.2 Å². The van der Waals surface area contributed by atoms with Gasteiger partial charge in [0.05, 0.1) is 11.7 Å². The molecule has 1 atom stereocenters. The second kappa shape index (κ2) is 4.92. The largest absolute Gasteiger partial charge is 0.324 e. The molecular weight excluding hydrogens is 244 g/mol.